The molecular formula is C15H17N3O3. The lowest BCUT2D eigenvalue weighted by molar-refractivity contribution is -0.138. The Balaban J connectivity index is 2.06. The number of anilines is 1. The predicted octanol–water partition coefficient (Wildman–Crippen LogP) is 2.16. The van der Waals surface area contributed by atoms with Crippen LogP contribution in [0.5, 0.6) is 5.88 Å². The van der Waals surface area contributed by atoms with E-state index in [0.29, 0.717) is 18.3 Å². The van der Waals surface area contributed by atoms with E-state index in [1.165, 1.54) is 12.4 Å². The van der Waals surface area contributed by atoms with Crippen molar-refractivity contribution in [1.29, 1.82) is 0 Å². The predicted molar refractivity (Wildman–Crippen MR) is 78.5 cm³/mol. The third kappa shape index (κ3) is 4.17. The zero-order chi connectivity index (χ0) is 15.1. The number of hydrogen-bond donors (Lipinski definition) is 2. The number of carbonyl (C=O) groups is 1. The molecule has 0 saturated carbocycles. The first-order valence-corrected chi connectivity index (χ1v) is 6.67. The third-order valence-electron chi connectivity index (χ3n) is 2.89. The van der Waals surface area contributed by atoms with Crippen LogP contribution in [0.25, 0.3) is 0 Å². The highest BCUT2D eigenvalue weighted by atomic mass is 16.5. The van der Waals surface area contributed by atoms with E-state index in [9.17, 15) is 9.90 Å². The summed E-state index contributed by atoms with van der Waals surface area (Å²) in [5, 5.41) is 12.3. The van der Waals surface area contributed by atoms with Crippen molar-refractivity contribution in [2.24, 2.45) is 0 Å². The number of nitrogens with one attached hydrogen (secondary N) is 1. The van der Waals surface area contributed by atoms with Crippen LogP contribution >= 0.6 is 0 Å². The van der Waals surface area contributed by atoms with Gasteiger partial charge in [0.05, 0.1) is 24.9 Å². The molecule has 2 N–H and O–H groups in total. The fourth-order valence-corrected chi connectivity index (χ4v) is 1.89. The van der Waals surface area contributed by atoms with Gasteiger partial charge in [0, 0.05) is 6.54 Å². The summed E-state index contributed by atoms with van der Waals surface area (Å²) in [6.45, 7) is 2.58. The first-order chi connectivity index (χ1) is 10.2. The third-order valence-corrected chi connectivity index (χ3v) is 2.89. The van der Waals surface area contributed by atoms with Gasteiger partial charge >= 0.3 is 5.97 Å². The van der Waals surface area contributed by atoms with Crippen LogP contribution in [0.4, 0.5) is 5.82 Å². The van der Waals surface area contributed by atoms with Gasteiger partial charge in [-0.3, -0.25) is 9.78 Å². The first kappa shape index (κ1) is 14.8. The zero-order valence-electron chi connectivity index (χ0n) is 11.7. The van der Waals surface area contributed by atoms with Gasteiger partial charge in [0.2, 0.25) is 5.88 Å². The quantitative estimate of drug-likeness (QED) is 0.811. The molecule has 0 aliphatic carbocycles. The van der Waals surface area contributed by atoms with E-state index in [2.05, 4.69) is 15.3 Å². The molecule has 2 aromatic rings. The molecule has 1 aromatic heterocycles. The number of carboxylic acid groups (broad SMARTS) is 1. The molecule has 0 aliphatic heterocycles. The van der Waals surface area contributed by atoms with Crippen molar-refractivity contribution in [3.63, 3.8) is 0 Å². The maximum absolute atomic E-state index is 11.4. The van der Waals surface area contributed by atoms with E-state index in [4.69, 9.17) is 4.74 Å². The average molecular weight is 287 g/mol. The normalized spacial score (nSPS) is 11.7. The van der Waals surface area contributed by atoms with Gasteiger partial charge in [-0.05, 0) is 12.5 Å². The molecule has 0 amide bonds. The van der Waals surface area contributed by atoms with Gasteiger partial charge in [-0.1, -0.05) is 30.3 Å². The number of aliphatic carboxylic acids is 1. The minimum Gasteiger partial charge on any atom is -0.481 e. The molecule has 0 aliphatic rings. The summed E-state index contributed by atoms with van der Waals surface area (Å²) in [6, 6.07) is 9.08. The summed E-state index contributed by atoms with van der Waals surface area (Å²) >= 11 is 0. The van der Waals surface area contributed by atoms with Crippen molar-refractivity contribution in [2.45, 2.75) is 12.8 Å². The van der Waals surface area contributed by atoms with Crippen molar-refractivity contribution in [1.82, 2.24) is 9.97 Å². The molecule has 1 atom stereocenters. The molecule has 21 heavy (non-hydrogen) atoms. The van der Waals surface area contributed by atoms with Crippen molar-refractivity contribution < 1.29 is 14.6 Å². The summed E-state index contributed by atoms with van der Waals surface area (Å²) in [6.07, 6.45) is 3.05. The van der Waals surface area contributed by atoms with Crippen LogP contribution < -0.4 is 10.1 Å². The van der Waals surface area contributed by atoms with Gasteiger partial charge in [-0.2, -0.15) is 4.98 Å². The van der Waals surface area contributed by atoms with Crippen molar-refractivity contribution in [3.05, 3.63) is 48.3 Å². The lowest BCUT2D eigenvalue weighted by Gasteiger charge is -2.14. The highest BCUT2D eigenvalue weighted by Gasteiger charge is 2.19. The zero-order valence-corrected chi connectivity index (χ0v) is 11.7. The Morgan fingerprint density at radius 3 is 2.76 bits per heavy atom. The molecule has 6 nitrogen and oxygen atoms in total. The minimum absolute atomic E-state index is 0.226. The van der Waals surface area contributed by atoms with Crippen molar-refractivity contribution >= 4 is 11.8 Å². The summed E-state index contributed by atoms with van der Waals surface area (Å²) in [5.74, 6) is -0.636. The maximum atomic E-state index is 11.4. The average Bonchev–Trinajstić information content (AvgIpc) is 2.49. The molecule has 0 bridgehead atoms. The molecule has 1 aromatic carbocycles. The lowest BCUT2D eigenvalue weighted by atomic mass is 9.99. The summed E-state index contributed by atoms with van der Waals surface area (Å²) in [5.41, 5.74) is 0.742. The molecule has 0 radical (unpaired) electrons. The van der Waals surface area contributed by atoms with E-state index in [0.717, 1.165) is 5.56 Å². The Bertz CT molecular complexity index is 590. The fraction of sp³-hybridized carbons (Fsp3) is 0.267. The van der Waals surface area contributed by atoms with E-state index in [-0.39, 0.29) is 6.54 Å². The van der Waals surface area contributed by atoms with Gasteiger partial charge in [0.15, 0.2) is 0 Å². The fourth-order valence-electron chi connectivity index (χ4n) is 1.89. The maximum Gasteiger partial charge on any atom is 0.312 e. The largest absolute Gasteiger partial charge is 0.481 e. The Morgan fingerprint density at radius 2 is 2.10 bits per heavy atom. The van der Waals surface area contributed by atoms with E-state index in [1.807, 2.05) is 25.1 Å². The van der Waals surface area contributed by atoms with E-state index >= 15 is 0 Å². The highest BCUT2D eigenvalue weighted by Crippen LogP contribution is 2.17. The molecule has 0 spiro atoms. The summed E-state index contributed by atoms with van der Waals surface area (Å²) in [7, 11) is 0. The first-order valence-electron chi connectivity index (χ1n) is 6.67. The number of nitrogens with zero attached hydrogens (tertiary/aromatic N) is 2. The van der Waals surface area contributed by atoms with Gasteiger partial charge in [-0.15, -0.1) is 0 Å². The Labute approximate surface area is 122 Å². The summed E-state index contributed by atoms with van der Waals surface area (Å²) < 4.78 is 5.26. The monoisotopic (exact) mass is 287 g/mol. The van der Waals surface area contributed by atoms with Gasteiger partial charge in [0.25, 0.3) is 0 Å². The molecule has 6 heteroatoms. The Hall–Kier alpha value is -2.63. The molecule has 110 valence electrons. The Morgan fingerprint density at radius 1 is 1.33 bits per heavy atom. The molecule has 0 fully saturated rings. The van der Waals surface area contributed by atoms with Crippen LogP contribution in [-0.2, 0) is 4.79 Å². The van der Waals surface area contributed by atoms with E-state index in [1.54, 1.807) is 12.1 Å². The lowest BCUT2D eigenvalue weighted by Crippen LogP contribution is -2.21. The number of aromatic nitrogens is 2. The van der Waals surface area contributed by atoms with Gasteiger partial charge in [0.1, 0.15) is 5.82 Å². The standard InChI is InChI=1S/C15H17N3O3/c1-2-21-14-10-16-9-13(18-14)17-8-12(15(19)20)11-6-4-3-5-7-11/h3-7,9-10,12H,2,8H2,1H3,(H,17,18)(H,19,20). The molecule has 2 rings (SSSR count). The smallest absolute Gasteiger partial charge is 0.312 e. The van der Waals surface area contributed by atoms with Crippen LogP contribution in [0.15, 0.2) is 42.7 Å². The minimum atomic E-state index is -0.886. The van der Waals surface area contributed by atoms with Gasteiger partial charge in [-0.25, -0.2) is 0 Å². The Kier molecular flexibility index (Phi) is 5.09. The van der Waals surface area contributed by atoms with Crippen LogP contribution in [0.3, 0.4) is 0 Å². The van der Waals surface area contributed by atoms with Crippen LogP contribution in [0, 0.1) is 0 Å². The van der Waals surface area contributed by atoms with Crippen LogP contribution in [0.2, 0.25) is 0 Å². The van der Waals surface area contributed by atoms with E-state index < -0.39 is 11.9 Å². The van der Waals surface area contributed by atoms with Crippen LogP contribution in [0.1, 0.15) is 18.4 Å². The number of benzene rings is 1. The number of ether oxygens (including phenoxy) is 1. The second-order valence-electron chi connectivity index (χ2n) is 4.36. The summed E-state index contributed by atoms with van der Waals surface area (Å²) in [4.78, 5) is 19.6. The number of rotatable bonds is 7. The van der Waals surface area contributed by atoms with Crippen molar-refractivity contribution in [2.75, 3.05) is 18.5 Å². The van der Waals surface area contributed by atoms with Gasteiger partial charge < -0.3 is 15.2 Å². The topological polar surface area (TPSA) is 84.3 Å². The second kappa shape index (κ2) is 7.23. The second-order valence-corrected chi connectivity index (χ2v) is 4.36. The molecule has 1 unspecified atom stereocenters. The molecular weight excluding hydrogens is 270 g/mol. The molecule has 1 heterocycles. The molecule has 0 saturated heterocycles. The number of hydrogen-bond acceptors (Lipinski definition) is 5. The van der Waals surface area contributed by atoms with Crippen LogP contribution in [-0.4, -0.2) is 34.2 Å². The number of carboxylic acids is 1. The van der Waals surface area contributed by atoms with Crippen molar-refractivity contribution in [3.8, 4) is 5.88 Å². The SMILES string of the molecule is CCOc1cncc(NCC(C(=O)O)c2ccccc2)n1. The highest BCUT2D eigenvalue weighted by molar-refractivity contribution is 5.76.